The minimum Gasteiger partial charge on any atom is -0.381 e. The fraction of sp³-hybridized carbons (Fsp3) is 0.533. The highest BCUT2D eigenvalue weighted by Crippen LogP contribution is 2.28. The summed E-state index contributed by atoms with van der Waals surface area (Å²) in [5.41, 5.74) is 1.41. The van der Waals surface area contributed by atoms with Gasteiger partial charge in [-0.2, -0.15) is 0 Å². The molecule has 1 aromatic carbocycles. The van der Waals surface area contributed by atoms with E-state index in [-0.39, 0.29) is 18.1 Å². The highest BCUT2D eigenvalue weighted by Gasteiger charge is 2.24. The molecule has 0 aliphatic carbocycles. The van der Waals surface area contributed by atoms with Crippen molar-refractivity contribution in [2.75, 3.05) is 12.4 Å². The average molecular weight is 297 g/mol. The highest BCUT2D eigenvalue weighted by molar-refractivity contribution is 6.33. The molecule has 110 valence electrons. The van der Waals surface area contributed by atoms with E-state index in [9.17, 15) is 4.79 Å². The molecule has 0 aromatic heterocycles. The van der Waals surface area contributed by atoms with Crippen molar-refractivity contribution in [1.29, 1.82) is 0 Å². The lowest BCUT2D eigenvalue weighted by molar-refractivity contribution is -0.0337. The molecular weight excluding hydrogens is 276 g/mol. The van der Waals surface area contributed by atoms with E-state index in [1.807, 2.05) is 0 Å². The van der Waals surface area contributed by atoms with Crippen molar-refractivity contribution in [1.82, 2.24) is 5.32 Å². The van der Waals surface area contributed by atoms with E-state index in [4.69, 9.17) is 16.3 Å². The average Bonchev–Trinajstić information content (AvgIpc) is 2.39. The van der Waals surface area contributed by atoms with Gasteiger partial charge < -0.3 is 15.4 Å². The van der Waals surface area contributed by atoms with Crippen LogP contribution in [0.4, 0.5) is 5.69 Å². The number of carbonyl (C=O) groups is 1. The molecule has 1 aliphatic rings. The summed E-state index contributed by atoms with van der Waals surface area (Å²) in [5, 5.41) is 6.68. The van der Waals surface area contributed by atoms with E-state index in [1.54, 1.807) is 25.2 Å². The topological polar surface area (TPSA) is 50.4 Å². The number of amides is 1. The van der Waals surface area contributed by atoms with Gasteiger partial charge in [-0.05, 0) is 44.9 Å². The van der Waals surface area contributed by atoms with Crippen LogP contribution in [0, 0.1) is 0 Å². The zero-order valence-electron chi connectivity index (χ0n) is 12.1. The molecule has 2 rings (SSSR count). The SMILES string of the molecule is CNC(=O)c1ccc(Cl)c(NC2CC(C)OC(C)C2)c1. The zero-order valence-corrected chi connectivity index (χ0v) is 12.8. The number of hydrogen-bond acceptors (Lipinski definition) is 3. The Kier molecular flexibility index (Phi) is 4.89. The van der Waals surface area contributed by atoms with Gasteiger partial charge in [-0.3, -0.25) is 4.79 Å². The molecule has 1 fully saturated rings. The van der Waals surface area contributed by atoms with Crippen molar-refractivity contribution in [2.24, 2.45) is 0 Å². The summed E-state index contributed by atoms with van der Waals surface area (Å²) in [6.45, 7) is 4.15. The third-order valence-electron chi connectivity index (χ3n) is 3.51. The van der Waals surface area contributed by atoms with Crippen molar-refractivity contribution >= 4 is 23.2 Å². The number of carbonyl (C=O) groups excluding carboxylic acids is 1. The van der Waals surface area contributed by atoms with E-state index < -0.39 is 0 Å². The molecule has 1 aromatic rings. The fourth-order valence-corrected chi connectivity index (χ4v) is 2.84. The van der Waals surface area contributed by atoms with Gasteiger partial charge in [0, 0.05) is 18.7 Å². The molecule has 0 radical (unpaired) electrons. The molecule has 2 atom stereocenters. The van der Waals surface area contributed by atoms with E-state index in [0.717, 1.165) is 18.5 Å². The summed E-state index contributed by atoms with van der Waals surface area (Å²) in [7, 11) is 1.62. The summed E-state index contributed by atoms with van der Waals surface area (Å²) >= 11 is 6.21. The molecule has 4 nitrogen and oxygen atoms in total. The Hall–Kier alpha value is -1.26. The molecular formula is C15H21ClN2O2. The molecule has 5 heteroatoms. The van der Waals surface area contributed by atoms with Crippen LogP contribution in [0.2, 0.25) is 5.02 Å². The molecule has 1 saturated heterocycles. The third kappa shape index (κ3) is 3.64. The molecule has 1 aliphatic heterocycles. The second-order valence-corrected chi connectivity index (χ2v) is 5.75. The summed E-state index contributed by atoms with van der Waals surface area (Å²) in [6, 6.07) is 5.58. The number of halogens is 1. The largest absolute Gasteiger partial charge is 0.381 e. The number of nitrogens with one attached hydrogen (secondary N) is 2. The van der Waals surface area contributed by atoms with Crippen LogP contribution in [0.25, 0.3) is 0 Å². The molecule has 1 amide bonds. The first-order valence-corrected chi connectivity index (χ1v) is 7.31. The van der Waals surface area contributed by atoms with Crippen LogP contribution < -0.4 is 10.6 Å². The van der Waals surface area contributed by atoms with Gasteiger partial charge in [0.1, 0.15) is 0 Å². The summed E-state index contributed by atoms with van der Waals surface area (Å²) in [4.78, 5) is 11.7. The zero-order chi connectivity index (χ0) is 14.7. The van der Waals surface area contributed by atoms with Crippen molar-refractivity contribution < 1.29 is 9.53 Å². The third-order valence-corrected chi connectivity index (χ3v) is 3.84. The van der Waals surface area contributed by atoms with Gasteiger partial charge >= 0.3 is 0 Å². The monoisotopic (exact) mass is 296 g/mol. The second kappa shape index (κ2) is 6.46. The Bertz CT molecular complexity index is 483. The smallest absolute Gasteiger partial charge is 0.251 e. The fourth-order valence-electron chi connectivity index (χ4n) is 2.66. The summed E-state index contributed by atoms with van der Waals surface area (Å²) in [6.07, 6.45) is 2.34. The van der Waals surface area contributed by atoms with Crippen LogP contribution in [-0.4, -0.2) is 31.2 Å². The lowest BCUT2D eigenvalue weighted by atomic mass is 9.99. The number of hydrogen-bond donors (Lipinski definition) is 2. The molecule has 1 heterocycles. The van der Waals surface area contributed by atoms with Gasteiger partial charge in [-0.1, -0.05) is 11.6 Å². The van der Waals surface area contributed by atoms with Crippen LogP contribution in [0.1, 0.15) is 37.0 Å². The van der Waals surface area contributed by atoms with Gasteiger partial charge in [-0.15, -0.1) is 0 Å². The maximum atomic E-state index is 11.7. The van der Waals surface area contributed by atoms with Crippen molar-refractivity contribution in [3.05, 3.63) is 28.8 Å². The Balaban J connectivity index is 2.13. The molecule has 0 bridgehead atoms. The maximum absolute atomic E-state index is 11.7. The van der Waals surface area contributed by atoms with Crippen LogP contribution in [0.5, 0.6) is 0 Å². The van der Waals surface area contributed by atoms with Gasteiger partial charge in [0.2, 0.25) is 0 Å². The minimum absolute atomic E-state index is 0.113. The lowest BCUT2D eigenvalue weighted by Crippen LogP contribution is -2.37. The number of benzene rings is 1. The maximum Gasteiger partial charge on any atom is 0.251 e. The molecule has 0 saturated carbocycles. The van der Waals surface area contributed by atoms with Crippen LogP contribution in [0.15, 0.2) is 18.2 Å². The normalized spacial score (nSPS) is 26.1. The van der Waals surface area contributed by atoms with Gasteiger partial charge in [0.25, 0.3) is 5.91 Å². The Morgan fingerprint density at radius 3 is 2.55 bits per heavy atom. The number of rotatable bonds is 3. The Labute approximate surface area is 124 Å². The van der Waals surface area contributed by atoms with E-state index in [0.29, 0.717) is 16.6 Å². The van der Waals surface area contributed by atoms with Gasteiger partial charge in [0.05, 0.1) is 22.9 Å². The van der Waals surface area contributed by atoms with Crippen molar-refractivity contribution in [2.45, 2.75) is 44.9 Å². The first kappa shape index (κ1) is 15.1. The quantitative estimate of drug-likeness (QED) is 0.901. The van der Waals surface area contributed by atoms with E-state index in [1.165, 1.54) is 0 Å². The van der Waals surface area contributed by atoms with E-state index >= 15 is 0 Å². The van der Waals surface area contributed by atoms with Crippen molar-refractivity contribution in [3.8, 4) is 0 Å². The van der Waals surface area contributed by atoms with Gasteiger partial charge in [-0.25, -0.2) is 0 Å². The molecule has 20 heavy (non-hydrogen) atoms. The van der Waals surface area contributed by atoms with E-state index in [2.05, 4.69) is 24.5 Å². The standard InChI is InChI=1S/C15H21ClN2O2/c1-9-6-12(7-10(2)20-9)18-14-8-11(15(19)17-3)4-5-13(14)16/h4-5,8-10,12,18H,6-7H2,1-3H3,(H,17,19). The molecule has 2 unspecified atom stereocenters. The summed E-state index contributed by atoms with van der Waals surface area (Å²) in [5.74, 6) is -0.113. The first-order valence-electron chi connectivity index (χ1n) is 6.93. The number of ether oxygens (including phenoxy) is 1. The first-order chi connectivity index (χ1) is 9.49. The molecule has 2 N–H and O–H groups in total. The van der Waals surface area contributed by atoms with Gasteiger partial charge in [0.15, 0.2) is 0 Å². The predicted molar refractivity (Wildman–Crippen MR) is 81.5 cm³/mol. The second-order valence-electron chi connectivity index (χ2n) is 5.34. The lowest BCUT2D eigenvalue weighted by Gasteiger charge is -2.33. The molecule has 0 spiro atoms. The van der Waals surface area contributed by atoms with Crippen LogP contribution in [0.3, 0.4) is 0 Å². The Morgan fingerprint density at radius 1 is 1.30 bits per heavy atom. The van der Waals surface area contributed by atoms with Crippen molar-refractivity contribution in [3.63, 3.8) is 0 Å². The number of anilines is 1. The minimum atomic E-state index is -0.113. The predicted octanol–water partition coefficient (Wildman–Crippen LogP) is 3.07. The van der Waals surface area contributed by atoms with Crippen LogP contribution >= 0.6 is 11.6 Å². The van der Waals surface area contributed by atoms with Crippen LogP contribution in [-0.2, 0) is 4.74 Å². The highest BCUT2D eigenvalue weighted by atomic mass is 35.5. The summed E-state index contributed by atoms with van der Waals surface area (Å²) < 4.78 is 5.73. The Morgan fingerprint density at radius 2 is 1.95 bits per heavy atom.